The molecule has 4 rings (SSSR count). The number of rotatable bonds is 5. The Hall–Kier alpha value is 1.26. The molecule has 0 spiro atoms. The molecule has 0 radical (unpaired) electrons. The predicted molar refractivity (Wildman–Crippen MR) is 116 cm³/mol. The van der Waals surface area contributed by atoms with Gasteiger partial charge in [0.15, 0.2) is 4.93 Å². The van der Waals surface area contributed by atoms with Crippen LogP contribution in [0.1, 0.15) is 78.6 Å². The minimum absolute atomic E-state index is 0. The van der Waals surface area contributed by atoms with Crippen LogP contribution in [0.25, 0.3) is 0 Å². The summed E-state index contributed by atoms with van der Waals surface area (Å²) in [5.74, 6) is -1.11. The summed E-state index contributed by atoms with van der Waals surface area (Å²) in [6, 6.07) is 0. The minimum atomic E-state index is -4.88. The van der Waals surface area contributed by atoms with Crippen LogP contribution in [0.2, 0.25) is 0 Å². The molecule has 11 heteroatoms. The van der Waals surface area contributed by atoms with Crippen LogP contribution < -0.4 is 64.2 Å². The van der Waals surface area contributed by atoms with Gasteiger partial charge in [0.25, 0.3) is 0 Å². The van der Waals surface area contributed by atoms with E-state index in [-0.39, 0.29) is 119 Å². The van der Waals surface area contributed by atoms with Crippen LogP contribution in [-0.4, -0.2) is 51.4 Å². The Balaban J connectivity index is 0.00000216. The van der Waals surface area contributed by atoms with E-state index in [1.807, 2.05) is 6.92 Å². The molecule has 0 bridgehead atoms. The molecule has 8 nitrogen and oxygen atoms in total. The number of aliphatic carboxylic acids is 1. The molecular formula is C24H38Na2O8S. The zero-order chi connectivity index (χ0) is 24.6. The molecule has 11 atom stereocenters. The van der Waals surface area contributed by atoms with Crippen LogP contribution in [0.3, 0.4) is 0 Å². The number of fused-ring (bicyclic) bond motifs is 5. The molecule has 35 heavy (non-hydrogen) atoms. The normalized spacial score (nSPS) is 47.8. The SMILES string of the molecule is C[C@H](CCC(=O)[O-])[C@H]1CC[C@H]2[C@@H]3[C@H](O)C[C@@H]4C[C@@](O)(S(=O)(=O)[O-])CC[C@]4(C)[C@H]3C[C@H](O)[C@]12C.[Na+].[Na+]. The summed E-state index contributed by atoms with van der Waals surface area (Å²) >= 11 is 0. The Bertz CT molecular complexity index is 902. The topological polar surface area (TPSA) is 158 Å². The van der Waals surface area contributed by atoms with E-state index >= 15 is 0 Å². The first-order valence-corrected chi connectivity index (χ1v) is 13.8. The maximum absolute atomic E-state index is 11.7. The van der Waals surface area contributed by atoms with Gasteiger partial charge in [0.05, 0.1) is 12.2 Å². The summed E-state index contributed by atoms with van der Waals surface area (Å²) < 4.78 is 35.2. The fourth-order valence-electron chi connectivity index (χ4n) is 8.88. The third-order valence-electron chi connectivity index (χ3n) is 10.8. The van der Waals surface area contributed by atoms with Gasteiger partial charge in [0, 0.05) is 5.97 Å². The van der Waals surface area contributed by atoms with Gasteiger partial charge >= 0.3 is 59.1 Å². The molecule has 0 amide bonds. The third-order valence-corrected chi connectivity index (χ3v) is 12.1. The Morgan fingerprint density at radius 1 is 1.09 bits per heavy atom. The molecule has 0 aliphatic heterocycles. The first kappa shape index (κ1) is 32.5. The number of hydrogen-bond acceptors (Lipinski definition) is 8. The van der Waals surface area contributed by atoms with Gasteiger partial charge < -0.3 is 29.8 Å². The summed E-state index contributed by atoms with van der Waals surface area (Å²) in [6.07, 6.45) is 1.80. The minimum Gasteiger partial charge on any atom is -0.746 e. The quantitative estimate of drug-likeness (QED) is 0.235. The molecule has 0 unspecified atom stereocenters. The van der Waals surface area contributed by atoms with E-state index in [1.165, 1.54) is 0 Å². The van der Waals surface area contributed by atoms with Crippen molar-refractivity contribution in [3.8, 4) is 0 Å². The molecule has 0 saturated heterocycles. The number of aliphatic hydroxyl groups excluding tert-OH is 2. The van der Waals surface area contributed by atoms with E-state index in [0.717, 1.165) is 12.8 Å². The second-order valence-electron chi connectivity index (χ2n) is 12.1. The van der Waals surface area contributed by atoms with Crippen molar-refractivity contribution in [2.75, 3.05) is 0 Å². The number of hydrogen-bond donors (Lipinski definition) is 3. The number of carboxylic acids is 1. The van der Waals surface area contributed by atoms with Gasteiger partial charge in [-0.15, -0.1) is 0 Å². The smallest absolute Gasteiger partial charge is 0.746 e. The maximum Gasteiger partial charge on any atom is 1.00 e. The van der Waals surface area contributed by atoms with Gasteiger partial charge in [0.1, 0.15) is 10.1 Å². The Kier molecular flexibility index (Phi) is 10.2. The third kappa shape index (κ3) is 5.24. The zero-order valence-corrected chi connectivity index (χ0v) is 26.6. The fraction of sp³-hybridized carbons (Fsp3) is 0.958. The molecule has 0 aromatic rings. The largest absolute Gasteiger partial charge is 1.00 e. The van der Waals surface area contributed by atoms with E-state index in [4.69, 9.17) is 0 Å². The van der Waals surface area contributed by atoms with Crippen LogP contribution in [0, 0.1) is 46.3 Å². The molecule has 0 aromatic heterocycles. The molecule has 4 fully saturated rings. The molecule has 0 aromatic carbocycles. The number of carboxylic acid groups (broad SMARTS) is 1. The van der Waals surface area contributed by atoms with Gasteiger partial charge in [0.2, 0.25) is 0 Å². The summed E-state index contributed by atoms with van der Waals surface area (Å²) in [7, 11) is -4.88. The monoisotopic (exact) mass is 532 g/mol. The Morgan fingerprint density at radius 2 is 1.71 bits per heavy atom. The van der Waals surface area contributed by atoms with Crippen LogP contribution >= 0.6 is 0 Å². The summed E-state index contributed by atoms with van der Waals surface area (Å²) in [6.45, 7) is 6.21. The van der Waals surface area contributed by atoms with Crippen molar-refractivity contribution < 1.29 is 97.3 Å². The maximum atomic E-state index is 11.7. The van der Waals surface area contributed by atoms with Gasteiger partial charge in [-0.3, -0.25) is 0 Å². The second-order valence-corrected chi connectivity index (χ2v) is 13.8. The zero-order valence-electron chi connectivity index (χ0n) is 21.8. The Labute approximate surface area is 253 Å². The van der Waals surface area contributed by atoms with Gasteiger partial charge in [-0.25, -0.2) is 8.42 Å². The molecule has 4 aliphatic carbocycles. The van der Waals surface area contributed by atoms with Crippen molar-refractivity contribution in [1.82, 2.24) is 0 Å². The molecule has 3 N–H and O–H groups in total. The van der Waals surface area contributed by atoms with Gasteiger partial charge in [-0.05, 0) is 104 Å². The van der Waals surface area contributed by atoms with E-state index in [1.54, 1.807) is 0 Å². The first-order valence-electron chi connectivity index (χ1n) is 12.4. The molecule has 0 heterocycles. The Morgan fingerprint density at radius 3 is 2.29 bits per heavy atom. The van der Waals surface area contributed by atoms with Crippen LogP contribution in [0.15, 0.2) is 0 Å². The standard InChI is InChI=1S/C24H40O8S.2Na/c1-13(4-7-20(27)28)15-5-6-16-21-17(11-19(26)23(15,16)3)22(2)8-9-24(29,33(30,31)32)12-14(22)10-18(21)25;;/h13-19,21,25-26,29H,4-12H2,1-3H3,(H,27,28)(H,30,31,32);;/q;2*+1/p-2/t13-,14-,15-,16+,17+,18-,19+,21+,22+,23-,24+;;/m1../s1. The number of carbonyl (C=O) groups excluding carboxylic acids is 1. The van der Waals surface area contributed by atoms with Gasteiger partial charge in [-0.1, -0.05) is 20.8 Å². The number of carbonyl (C=O) groups is 1. The van der Waals surface area contributed by atoms with Gasteiger partial charge in [-0.2, -0.15) is 0 Å². The van der Waals surface area contributed by atoms with E-state index in [2.05, 4.69) is 13.8 Å². The van der Waals surface area contributed by atoms with E-state index in [9.17, 15) is 38.2 Å². The van der Waals surface area contributed by atoms with Crippen molar-refractivity contribution >= 4 is 16.1 Å². The van der Waals surface area contributed by atoms with E-state index in [0.29, 0.717) is 25.7 Å². The van der Waals surface area contributed by atoms with Crippen LogP contribution in [0.5, 0.6) is 0 Å². The van der Waals surface area contributed by atoms with Crippen molar-refractivity contribution in [2.45, 2.75) is 95.7 Å². The van der Waals surface area contributed by atoms with Crippen LogP contribution in [0.4, 0.5) is 0 Å². The summed E-state index contributed by atoms with van der Waals surface area (Å²) in [5, 5.41) is 44.4. The second kappa shape index (κ2) is 11.0. The first-order chi connectivity index (χ1) is 15.1. The molecule has 4 saturated carbocycles. The summed E-state index contributed by atoms with van der Waals surface area (Å²) in [5.41, 5.74) is -0.799. The average Bonchev–Trinajstić information content (AvgIpc) is 3.06. The van der Waals surface area contributed by atoms with Crippen molar-refractivity contribution in [3.05, 3.63) is 0 Å². The molecule has 4 aliphatic rings. The average molecular weight is 533 g/mol. The molecule has 190 valence electrons. The van der Waals surface area contributed by atoms with Crippen LogP contribution in [-0.2, 0) is 14.9 Å². The molecular weight excluding hydrogens is 494 g/mol. The van der Waals surface area contributed by atoms with Crippen molar-refractivity contribution in [2.24, 2.45) is 46.3 Å². The van der Waals surface area contributed by atoms with Crippen molar-refractivity contribution in [1.29, 1.82) is 0 Å². The predicted octanol–water partition coefficient (Wildman–Crippen LogP) is -5.01. The van der Waals surface area contributed by atoms with E-state index < -0.39 is 38.6 Å². The van der Waals surface area contributed by atoms with Crippen molar-refractivity contribution in [3.63, 3.8) is 0 Å². The fourth-order valence-corrected chi connectivity index (χ4v) is 9.64. The number of aliphatic hydroxyl groups is 3. The summed E-state index contributed by atoms with van der Waals surface area (Å²) in [4.78, 5) is 8.69.